The van der Waals surface area contributed by atoms with Crippen LogP contribution in [0.1, 0.15) is 26.6 Å². The highest BCUT2D eigenvalue weighted by molar-refractivity contribution is 6.06. The molecule has 3 rings (SSSR count). The molecule has 1 aromatic carbocycles. The Hall–Kier alpha value is -3.66. The van der Waals surface area contributed by atoms with Gasteiger partial charge in [0.15, 0.2) is 0 Å². The Bertz CT molecular complexity index is 1210. The Morgan fingerprint density at radius 3 is 1.92 bits per heavy atom. The minimum absolute atomic E-state index is 0.411. The maximum Gasteiger partial charge on any atom is 0.490 e. The molecule has 6 N–H and O–H groups in total. The minimum atomic E-state index is -5.08. The predicted molar refractivity (Wildman–Crippen MR) is 121 cm³/mol. The molecule has 0 spiro atoms. The summed E-state index contributed by atoms with van der Waals surface area (Å²) < 4.78 is 65.5. The predicted octanol–water partition coefficient (Wildman–Crippen LogP) is 3.31. The van der Waals surface area contributed by atoms with E-state index < -0.39 is 29.9 Å². The maximum absolute atomic E-state index is 10.6. The highest BCUT2D eigenvalue weighted by Crippen LogP contribution is 2.29. The number of benzene rings is 1. The number of alkyl halides is 6. The van der Waals surface area contributed by atoms with Gasteiger partial charge in [-0.15, -0.1) is 0 Å². The van der Waals surface area contributed by atoms with Crippen molar-refractivity contribution in [2.24, 2.45) is 0 Å². The molecule has 0 aliphatic carbocycles. The number of nitrogen functional groups attached to an aromatic ring is 1. The number of pyridine rings is 1. The van der Waals surface area contributed by atoms with Crippen LogP contribution in [0.25, 0.3) is 21.9 Å². The number of aliphatic hydroxyl groups is 1. The van der Waals surface area contributed by atoms with Gasteiger partial charge in [0.05, 0.1) is 24.2 Å². The van der Waals surface area contributed by atoms with Crippen LogP contribution in [-0.4, -0.2) is 66.3 Å². The zero-order valence-corrected chi connectivity index (χ0v) is 19.8. The average Bonchev–Trinajstić information content (AvgIpc) is 3.09. The van der Waals surface area contributed by atoms with Crippen LogP contribution in [0.15, 0.2) is 24.3 Å². The molecule has 0 saturated carbocycles. The van der Waals surface area contributed by atoms with Crippen LogP contribution in [0.4, 0.5) is 32.2 Å². The summed E-state index contributed by atoms with van der Waals surface area (Å²) in [4.78, 5) is 27.1. The molecular formula is C21H25F6N5O5. The largest absolute Gasteiger partial charge is 0.490 e. The van der Waals surface area contributed by atoms with Crippen molar-refractivity contribution < 1.29 is 51.3 Å². The summed E-state index contributed by atoms with van der Waals surface area (Å²) in [7, 11) is 0. The molecular weight excluding hydrogens is 516 g/mol. The summed E-state index contributed by atoms with van der Waals surface area (Å²) in [5.74, 6) is -4.22. The van der Waals surface area contributed by atoms with Gasteiger partial charge in [0.1, 0.15) is 22.7 Å². The van der Waals surface area contributed by atoms with Crippen molar-refractivity contribution in [3.8, 4) is 0 Å². The fraction of sp³-hybridized carbons (Fsp3) is 0.429. The van der Waals surface area contributed by atoms with E-state index in [1.54, 1.807) is 13.8 Å². The summed E-state index contributed by atoms with van der Waals surface area (Å²) in [5, 5.41) is 28.8. The van der Waals surface area contributed by atoms with Crippen LogP contribution in [-0.2, 0) is 22.7 Å². The van der Waals surface area contributed by atoms with E-state index in [9.17, 15) is 31.4 Å². The third-order valence-electron chi connectivity index (χ3n) is 4.25. The van der Waals surface area contributed by atoms with Crippen LogP contribution < -0.4 is 11.1 Å². The monoisotopic (exact) mass is 541 g/mol. The quantitative estimate of drug-likeness (QED) is 0.305. The number of fused-ring (bicyclic) bond motifs is 3. The van der Waals surface area contributed by atoms with Gasteiger partial charge in [0, 0.05) is 5.39 Å². The minimum Gasteiger partial charge on any atom is -0.475 e. The number of carboxylic acids is 2. The van der Waals surface area contributed by atoms with Gasteiger partial charge in [-0.2, -0.15) is 26.3 Å². The van der Waals surface area contributed by atoms with Crippen LogP contribution in [0.2, 0.25) is 0 Å². The maximum atomic E-state index is 10.6. The first kappa shape index (κ1) is 31.4. The van der Waals surface area contributed by atoms with E-state index >= 15 is 0 Å². The van der Waals surface area contributed by atoms with E-state index in [1.807, 2.05) is 35.8 Å². The summed E-state index contributed by atoms with van der Waals surface area (Å²) >= 11 is 0. The van der Waals surface area contributed by atoms with Gasteiger partial charge in [0.25, 0.3) is 0 Å². The van der Waals surface area contributed by atoms with Crippen molar-refractivity contribution in [2.45, 2.75) is 51.8 Å². The van der Waals surface area contributed by atoms with Gasteiger partial charge >= 0.3 is 24.3 Å². The van der Waals surface area contributed by atoms with Crippen molar-refractivity contribution in [3.63, 3.8) is 0 Å². The lowest BCUT2D eigenvalue weighted by atomic mass is 10.1. The third kappa shape index (κ3) is 9.38. The van der Waals surface area contributed by atoms with Crippen molar-refractivity contribution in [2.75, 3.05) is 12.3 Å². The number of anilines is 1. The summed E-state index contributed by atoms with van der Waals surface area (Å²) in [6, 6.07) is 7.85. The lowest BCUT2D eigenvalue weighted by Crippen LogP contribution is -2.28. The zero-order valence-electron chi connectivity index (χ0n) is 19.8. The number of rotatable bonds is 5. The number of nitrogens with one attached hydrogen (secondary N) is 1. The Morgan fingerprint density at radius 2 is 1.49 bits per heavy atom. The molecule has 0 amide bonds. The number of hydrogen-bond acceptors (Lipinski definition) is 7. The molecule has 0 atom stereocenters. The second-order valence-corrected chi connectivity index (χ2v) is 8.02. The molecule has 0 fully saturated rings. The lowest BCUT2D eigenvalue weighted by molar-refractivity contribution is -0.193. The molecule has 206 valence electrons. The molecule has 0 unspecified atom stereocenters. The van der Waals surface area contributed by atoms with Crippen molar-refractivity contribution in [1.29, 1.82) is 0 Å². The zero-order chi connectivity index (χ0) is 28.8. The number of aromatic nitrogens is 3. The Labute approximate surface area is 205 Å². The molecule has 0 aliphatic heterocycles. The Kier molecular flexibility index (Phi) is 10.2. The molecule has 16 heteroatoms. The number of hydrogen-bond donors (Lipinski definition) is 5. The number of halogens is 6. The standard InChI is InChI=1S/C17H23N5O.2C2HF3O2/c1-4-19-9-13-21-14-11-7-5-6-8-12(11)20-16(18)15(14)22(13)10-17(2,3)23;2*3-2(4,5)1(6)7/h5-8,19,23H,4,9-10H2,1-3H3,(H2,18,20);2*(H,6,7). The number of carbonyl (C=O) groups is 2. The number of nitrogens with two attached hydrogens (primary N) is 1. The SMILES string of the molecule is CCNCc1nc2c3ccccc3nc(N)c2n1CC(C)(C)O.O=C(O)C(F)(F)F.O=C(O)C(F)(F)F. The Balaban J connectivity index is 0.000000404. The van der Waals surface area contributed by atoms with E-state index in [1.165, 1.54) is 0 Å². The molecule has 2 heterocycles. The van der Waals surface area contributed by atoms with Crippen LogP contribution in [0, 0.1) is 0 Å². The fourth-order valence-electron chi connectivity index (χ4n) is 2.83. The van der Waals surface area contributed by atoms with Crippen LogP contribution in [0.5, 0.6) is 0 Å². The smallest absolute Gasteiger partial charge is 0.475 e. The first-order valence-electron chi connectivity index (χ1n) is 10.4. The second-order valence-electron chi connectivity index (χ2n) is 8.02. The summed E-state index contributed by atoms with van der Waals surface area (Å²) in [6.07, 6.45) is -10.2. The molecule has 3 aromatic rings. The van der Waals surface area contributed by atoms with Gasteiger partial charge in [-0.25, -0.2) is 19.6 Å². The summed E-state index contributed by atoms with van der Waals surface area (Å²) in [5.41, 5.74) is 7.80. The molecule has 0 saturated heterocycles. The van der Waals surface area contributed by atoms with E-state index in [4.69, 9.17) is 30.5 Å². The van der Waals surface area contributed by atoms with Crippen LogP contribution >= 0.6 is 0 Å². The average molecular weight is 541 g/mol. The molecule has 2 aromatic heterocycles. The lowest BCUT2D eigenvalue weighted by Gasteiger charge is -2.20. The van der Waals surface area contributed by atoms with E-state index in [0.29, 0.717) is 18.9 Å². The molecule has 37 heavy (non-hydrogen) atoms. The summed E-state index contributed by atoms with van der Waals surface area (Å²) in [6.45, 7) is 7.49. The van der Waals surface area contributed by atoms with Crippen LogP contribution in [0.3, 0.4) is 0 Å². The topological polar surface area (TPSA) is 164 Å². The highest BCUT2D eigenvalue weighted by Gasteiger charge is 2.38. The van der Waals surface area contributed by atoms with Crippen molar-refractivity contribution in [3.05, 3.63) is 30.1 Å². The van der Waals surface area contributed by atoms with Crippen molar-refractivity contribution >= 4 is 39.7 Å². The van der Waals surface area contributed by atoms with E-state index in [2.05, 4.69) is 10.3 Å². The molecule has 0 bridgehead atoms. The van der Waals surface area contributed by atoms with E-state index in [0.717, 1.165) is 34.3 Å². The van der Waals surface area contributed by atoms with Gasteiger partial charge in [-0.3, -0.25) is 0 Å². The highest BCUT2D eigenvalue weighted by atomic mass is 19.4. The number of carboxylic acid groups (broad SMARTS) is 2. The van der Waals surface area contributed by atoms with Gasteiger partial charge in [0.2, 0.25) is 0 Å². The number of para-hydroxylation sites is 1. The number of imidazole rings is 1. The van der Waals surface area contributed by atoms with Gasteiger partial charge in [-0.1, -0.05) is 25.1 Å². The first-order valence-corrected chi connectivity index (χ1v) is 10.4. The fourth-order valence-corrected chi connectivity index (χ4v) is 2.83. The molecule has 0 aliphatic rings. The Morgan fingerprint density at radius 1 is 1.00 bits per heavy atom. The number of aliphatic carboxylic acids is 2. The van der Waals surface area contributed by atoms with Crippen molar-refractivity contribution in [1.82, 2.24) is 19.9 Å². The second kappa shape index (κ2) is 12.1. The third-order valence-corrected chi connectivity index (χ3v) is 4.25. The normalized spacial score (nSPS) is 11.9. The van der Waals surface area contributed by atoms with Gasteiger partial charge < -0.3 is 30.9 Å². The molecule has 10 nitrogen and oxygen atoms in total. The van der Waals surface area contributed by atoms with E-state index in [-0.39, 0.29) is 0 Å². The first-order chi connectivity index (χ1) is 16.8. The van der Waals surface area contributed by atoms with Gasteiger partial charge in [-0.05, 0) is 26.5 Å². The molecule has 0 radical (unpaired) electrons. The number of nitrogens with zero attached hydrogens (tertiary/aromatic N) is 3.